The number of fused-ring (bicyclic) bond motifs is 1. The van der Waals surface area contributed by atoms with E-state index in [1.54, 1.807) is 11.0 Å². The number of amides is 1. The van der Waals surface area contributed by atoms with Crippen LogP contribution in [-0.4, -0.2) is 49.0 Å². The van der Waals surface area contributed by atoms with Gasteiger partial charge in [-0.25, -0.2) is 0 Å². The van der Waals surface area contributed by atoms with Crippen molar-refractivity contribution in [3.05, 3.63) is 23.8 Å². The molecule has 0 spiro atoms. The number of likely N-dealkylation sites (N-methyl/N-ethyl adjacent to an activating group) is 1. The summed E-state index contributed by atoms with van der Waals surface area (Å²) in [7, 11) is 0. The zero-order valence-electron chi connectivity index (χ0n) is 12.2. The molecule has 1 aromatic carbocycles. The fourth-order valence-electron chi connectivity index (χ4n) is 2.38. The molecule has 1 atom stereocenters. The number of ether oxygens (including phenoxy) is 1. The highest BCUT2D eigenvalue weighted by Gasteiger charge is 2.25. The Bertz CT molecular complexity index is 493. The molecular formula is C15H22N2O4. The zero-order chi connectivity index (χ0) is 15.2. The van der Waals surface area contributed by atoms with E-state index in [9.17, 15) is 9.90 Å². The van der Waals surface area contributed by atoms with Crippen LogP contribution in [0.2, 0.25) is 0 Å². The van der Waals surface area contributed by atoms with E-state index in [1.807, 2.05) is 19.1 Å². The van der Waals surface area contributed by atoms with Crippen molar-refractivity contribution in [2.45, 2.75) is 19.4 Å². The van der Waals surface area contributed by atoms with E-state index in [0.29, 0.717) is 37.5 Å². The number of carbonyl (C=O) groups is 1. The highest BCUT2D eigenvalue weighted by Crippen LogP contribution is 2.34. The van der Waals surface area contributed by atoms with Crippen molar-refractivity contribution in [2.75, 3.05) is 37.7 Å². The van der Waals surface area contributed by atoms with Crippen LogP contribution in [0, 0.1) is 0 Å². The van der Waals surface area contributed by atoms with E-state index < -0.39 is 6.10 Å². The van der Waals surface area contributed by atoms with Gasteiger partial charge >= 0.3 is 0 Å². The molecule has 0 aliphatic carbocycles. The number of hydrogen-bond donors (Lipinski definition) is 3. The maximum atomic E-state index is 11.8. The predicted octanol–water partition coefficient (Wildman–Crippen LogP) is 0.437. The molecule has 0 saturated carbocycles. The van der Waals surface area contributed by atoms with Crippen molar-refractivity contribution in [3.8, 4) is 5.75 Å². The van der Waals surface area contributed by atoms with Gasteiger partial charge in [0.15, 0.2) is 6.61 Å². The molecule has 1 unspecified atom stereocenters. The monoisotopic (exact) mass is 294 g/mol. The Morgan fingerprint density at radius 1 is 1.43 bits per heavy atom. The summed E-state index contributed by atoms with van der Waals surface area (Å²) in [6.45, 7) is 3.77. The molecule has 1 aliphatic rings. The number of anilines is 1. The molecule has 1 heterocycles. The van der Waals surface area contributed by atoms with E-state index in [-0.39, 0.29) is 19.1 Å². The summed E-state index contributed by atoms with van der Waals surface area (Å²) in [6, 6.07) is 5.43. The van der Waals surface area contributed by atoms with Crippen LogP contribution in [0.15, 0.2) is 18.2 Å². The molecule has 2 rings (SSSR count). The number of carbonyl (C=O) groups excluding carboxylic acids is 1. The van der Waals surface area contributed by atoms with Gasteiger partial charge in [0.25, 0.3) is 5.91 Å². The number of benzene rings is 1. The number of aliphatic hydroxyl groups excluding tert-OH is 2. The highest BCUT2D eigenvalue weighted by atomic mass is 16.5. The molecule has 3 N–H and O–H groups in total. The molecule has 1 aliphatic heterocycles. The Balaban J connectivity index is 2.08. The minimum absolute atomic E-state index is 0.0633. The van der Waals surface area contributed by atoms with Crippen LogP contribution in [-0.2, 0) is 4.79 Å². The summed E-state index contributed by atoms with van der Waals surface area (Å²) in [6.07, 6.45) is -0.0723. The first kappa shape index (κ1) is 15.8. The molecule has 1 aromatic rings. The maximum absolute atomic E-state index is 11.8. The second kappa shape index (κ2) is 7.40. The quantitative estimate of drug-likeness (QED) is 0.636. The van der Waals surface area contributed by atoms with Crippen LogP contribution < -0.4 is 15.0 Å². The SMILES string of the molecule is CCN1C(=O)COc2ccc(C(O)CCNCCO)cc21. The van der Waals surface area contributed by atoms with Gasteiger partial charge in [-0.05, 0) is 37.6 Å². The first-order chi connectivity index (χ1) is 10.2. The van der Waals surface area contributed by atoms with E-state index in [1.165, 1.54) is 0 Å². The van der Waals surface area contributed by atoms with E-state index >= 15 is 0 Å². The van der Waals surface area contributed by atoms with Gasteiger partial charge < -0.3 is 25.2 Å². The van der Waals surface area contributed by atoms with Crippen molar-refractivity contribution >= 4 is 11.6 Å². The van der Waals surface area contributed by atoms with Crippen LogP contribution in [0.1, 0.15) is 25.0 Å². The largest absolute Gasteiger partial charge is 0.482 e. The summed E-state index contributed by atoms with van der Waals surface area (Å²) < 4.78 is 5.40. The van der Waals surface area contributed by atoms with Crippen LogP contribution in [0.4, 0.5) is 5.69 Å². The Hall–Kier alpha value is -1.63. The summed E-state index contributed by atoms with van der Waals surface area (Å²) in [5, 5.41) is 21.9. The van der Waals surface area contributed by atoms with E-state index in [0.717, 1.165) is 5.56 Å². The zero-order valence-corrected chi connectivity index (χ0v) is 12.2. The lowest BCUT2D eigenvalue weighted by Gasteiger charge is -2.29. The Morgan fingerprint density at radius 3 is 2.95 bits per heavy atom. The lowest BCUT2D eigenvalue weighted by molar-refractivity contribution is -0.121. The smallest absolute Gasteiger partial charge is 0.265 e. The lowest BCUT2D eigenvalue weighted by atomic mass is 10.0. The van der Waals surface area contributed by atoms with Gasteiger partial charge in [-0.1, -0.05) is 6.07 Å². The lowest BCUT2D eigenvalue weighted by Crippen LogP contribution is -2.38. The summed E-state index contributed by atoms with van der Waals surface area (Å²) >= 11 is 0. The van der Waals surface area contributed by atoms with Crippen LogP contribution in [0.3, 0.4) is 0 Å². The van der Waals surface area contributed by atoms with Crippen molar-refractivity contribution in [2.24, 2.45) is 0 Å². The average molecular weight is 294 g/mol. The fraction of sp³-hybridized carbons (Fsp3) is 0.533. The van der Waals surface area contributed by atoms with Crippen LogP contribution in [0.25, 0.3) is 0 Å². The highest BCUT2D eigenvalue weighted by molar-refractivity contribution is 5.97. The summed E-state index contributed by atoms with van der Waals surface area (Å²) in [5.41, 5.74) is 1.48. The second-order valence-electron chi connectivity index (χ2n) is 4.93. The van der Waals surface area contributed by atoms with Crippen molar-refractivity contribution < 1.29 is 19.7 Å². The summed E-state index contributed by atoms with van der Waals surface area (Å²) in [4.78, 5) is 13.5. The van der Waals surface area contributed by atoms with Gasteiger partial charge in [0.2, 0.25) is 0 Å². The van der Waals surface area contributed by atoms with Gasteiger partial charge in [0.05, 0.1) is 18.4 Å². The fourth-order valence-corrected chi connectivity index (χ4v) is 2.38. The van der Waals surface area contributed by atoms with Gasteiger partial charge in [0, 0.05) is 13.1 Å². The summed E-state index contributed by atoms with van der Waals surface area (Å²) in [5.74, 6) is 0.604. The molecule has 116 valence electrons. The molecule has 0 saturated heterocycles. The van der Waals surface area contributed by atoms with Crippen molar-refractivity contribution in [3.63, 3.8) is 0 Å². The van der Waals surface area contributed by atoms with E-state index in [2.05, 4.69) is 5.32 Å². The standard InChI is InChI=1S/C15H22N2O4/c1-2-17-12-9-11(13(19)5-6-16-7-8-18)3-4-14(12)21-10-15(17)20/h3-4,9,13,16,18-19H,2,5-8,10H2,1H3. The number of aliphatic hydroxyl groups is 2. The first-order valence-electron chi connectivity index (χ1n) is 7.24. The molecule has 21 heavy (non-hydrogen) atoms. The Kier molecular flexibility index (Phi) is 5.55. The number of rotatable bonds is 7. The minimum Gasteiger partial charge on any atom is -0.482 e. The van der Waals surface area contributed by atoms with Gasteiger partial charge in [0.1, 0.15) is 5.75 Å². The molecule has 6 nitrogen and oxygen atoms in total. The predicted molar refractivity (Wildman–Crippen MR) is 79.5 cm³/mol. The minimum atomic E-state index is -0.614. The molecule has 0 radical (unpaired) electrons. The van der Waals surface area contributed by atoms with Gasteiger partial charge in [-0.3, -0.25) is 4.79 Å². The number of hydrogen-bond acceptors (Lipinski definition) is 5. The molecule has 6 heteroatoms. The molecule has 0 fully saturated rings. The average Bonchev–Trinajstić information content (AvgIpc) is 2.50. The molecule has 1 amide bonds. The topological polar surface area (TPSA) is 82.0 Å². The second-order valence-corrected chi connectivity index (χ2v) is 4.93. The third kappa shape index (κ3) is 3.72. The van der Waals surface area contributed by atoms with Crippen molar-refractivity contribution in [1.29, 1.82) is 0 Å². The van der Waals surface area contributed by atoms with Crippen molar-refractivity contribution in [1.82, 2.24) is 5.32 Å². The number of nitrogens with one attached hydrogen (secondary N) is 1. The molecule has 0 aromatic heterocycles. The van der Waals surface area contributed by atoms with E-state index in [4.69, 9.17) is 9.84 Å². The van der Waals surface area contributed by atoms with Crippen LogP contribution >= 0.6 is 0 Å². The first-order valence-corrected chi connectivity index (χ1v) is 7.24. The van der Waals surface area contributed by atoms with Crippen LogP contribution in [0.5, 0.6) is 5.75 Å². The third-order valence-corrected chi connectivity index (χ3v) is 3.51. The third-order valence-electron chi connectivity index (χ3n) is 3.51. The normalized spacial score (nSPS) is 15.6. The Labute approximate surface area is 124 Å². The van der Waals surface area contributed by atoms with Gasteiger partial charge in [-0.2, -0.15) is 0 Å². The van der Waals surface area contributed by atoms with Gasteiger partial charge in [-0.15, -0.1) is 0 Å². The number of nitrogens with zero attached hydrogens (tertiary/aromatic N) is 1. The molecular weight excluding hydrogens is 272 g/mol. The maximum Gasteiger partial charge on any atom is 0.265 e. The Morgan fingerprint density at radius 2 is 2.24 bits per heavy atom. The molecule has 0 bridgehead atoms.